The molecule has 1 heterocycles. The Balaban J connectivity index is 1.93. The van der Waals surface area contributed by atoms with E-state index in [2.05, 4.69) is 46.2 Å². The first-order valence-electron chi connectivity index (χ1n) is 7.08. The van der Waals surface area contributed by atoms with Crippen LogP contribution in [0, 0.1) is 0 Å². The number of hydrogen-bond donors (Lipinski definition) is 1. The Hall–Kier alpha value is -1.88. The number of nitrogens with zero attached hydrogens (tertiary/aromatic N) is 1. The van der Waals surface area contributed by atoms with Crippen LogP contribution in [-0.2, 0) is 22.4 Å². The number of rotatable bonds is 7. The van der Waals surface area contributed by atoms with E-state index in [0.717, 1.165) is 22.9 Å². The number of thiazole rings is 1. The molecule has 0 aliphatic rings. The summed E-state index contributed by atoms with van der Waals surface area (Å²) in [5.74, 6) is -0.271. The second kappa shape index (κ2) is 7.78. The highest BCUT2D eigenvalue weighted by atomic mass is 32.1. The number of carbonyl (C=O) groups excluding carboxylic acids is 1. The van der Waals surface area contributed by atoms with E-state index in [0.29, 0.717) is 0 Å². The highest BCUT2D eigenvalue weighted by Gasteiger charge is 2.07. The van der Waals surface area contributed by atoms with Gasteiger partial charge in [0.25, 0.3) is 0 Å². The van der Waals surface area contributed by atoms with Gasteiger partial charge in [-0.3, -0.25) is 4.79 Å². The molecule has 0 aliphatic heterocycles. The molecule has 0 saturated heterocycles. The molecular formula is C16H20N2O2S. The minimum absolute atomic E-state index is 0.213. The molecule has 0 spiro atoms. The SMILES string of the molecule is CCCCc1ccc(Nc2nc(CC(=O)OC)cs2)cc1. The predicted molar refractivity (Wildman–Crippen MR) is 86.2 cm³/mol. The molecule has 0 saturated carbocycles. The average molecular weight is 304 g/mol. The van der Waals surface area contributed by atoms with Crippen LogP contribution in [0.2, 0.25) is 0 Å². The van der Waals surface area contributed by atoms with Gasteiger partial charge < -0.3 is 10.1 Å². The van der Waals surface area contributed by atoms with Gasteiger partial charge in [0.2, 0.25) is 0 Å². The van der Waals surface area contributed by atoms with Gasteiger partial charge in [0.1, 0.15) is 0 Å². The zero-order valence-corrected chi connectivity index (χ0v) is 13.2. The molecule has 21 heavy (non-hydrogen) atoms. The minimum Gasteiger partial charge on any atom is -0.469 e. The summed E-state index contributed by atoms with van der Waals surface area (Å²) in [5, 5.41) is 5.91. The van der Waals surface area contributed by atoms with Crippen molar-refractivity contribution in [3.05, 3.63) is 40.9 Å². The zero-order valence-electron chi connectivity index (χ0n) is 12.4. The molecule has 112 valence electrons. The average Bonchev–Trinajstić information content (AvgIpc) is 2.93. The maximum atomic E-state index is 11.2. The largest absolute Gasteiger partial charge is 0.469 e. The summed E-state index contributed by atoms with van der Waals surface area (Å²) in [6.07, 6.45) is 3.76. The topological polar surface area (TPSA) is 51.2 Å². The lowest BCUT2D eigenvalue weighted by molar-refractivity contribution is -0.139. The number of anilines is 2. The molecule has 0 fully saturated rings. The van der Waals surface area contributed by atoms with Crippen LogP contribution in [0.5, 0.6) is 0 Å². The van der Waals surface area contributed by atoms with Crippen LogP contribution >= 0.6 is 11.3 Å². The van der Waals surface area contributed by atoms with Crippen molar-refractivity contribution in [3.63, 3.8) is 0 Å². The Morgan fingerprint density at radius 1 is 1.33 bits per heavy atom. The number of benzene rings is 1. The van der Waals surface area contributed by atoms with Gasteiger partial charge in [-0.1, -0.05) is 25.5 Å². The molecule has 1 aromatic carbocycles. The van der Waals surface area contributed by atoms with Crippen molar-refractivity contribution >= 4 is 28.1 Å². The molecule has 0 aliphatic carbocycles. The highest BCUT2D eigenvalue weighted by molar-refractivity contribution is 7.13. The standard InChI is InChI=1S/C16H20N2O2S/c1-3-4-5-12-6-8-13(9-7-12)17-16-18-14(11-21-16)10-15(19)20-2/h6-9,11H,3-5,10H2,1-2H3,(H,17,18). The normalized spacial score (nSPS) is 10.4. The fourth-order valence-corrected chi connectivity index (χ4v) is 2.66. The lowest BCUT2D eigenvalue weighted by Crippen LogP contribution is -2.04. The third kappa shape index (κ3) is 4.86. The van der Waals surface area contributed by atoms with Gasteiger partial charge in [-0.2, -0.15) is 0 Å². The number of carbonyl (C=O) groups is 1. The summed E-state index contributed by atoms with van der Waals surface area (Å²) in [4.78, 5) is 15.6. The van der Waals surface area contributed by atoms with E-state index in [-0.39, 0.29) is 12.4 Å². The third-order valence-electron chi connectivity index (χ3n) is 3.13. The molecule has 2 aromatic rings. The number of methoxy groups -OCH3 is 1. The summed E-state index contributed by atoms with van der Waals surface area (Å²) < 4.78 is 4.63. The highest BCUT2D eigenvalue weighted by Crippen LogP contribution is 2.22. The van der Waals surface area contributed by atoms with Crippen molar-refractivity contribution in [2.75, 3.05) is 12.4 Å². The number of ether oxygens (including phenoxy) is 1. The second-order valence-electron chi connectivity index (χ2n) is 4.82. The van der Waals surface area contributed by atoms with E-state index in [9.17, 15) is 4.79 Å². The van der Waals surface area contributed by atoms with Crippen molar-refractivity contribution in [3.8, 4) is 0 Å². The van der Waals surface area contributed by atoms with Crippen LogP contribution in [-0.4, -0.2) is 18.1 Å². The Morgan fingerprint density at radius 3 is 2.76 bits per heavy atom. The van der Waals surface area contributed by atoms with Crippen molar-refractivity contribution < 1.29 is 9.53 Å². The van der Waals surface area contributed by atoms with Crippen LogP contribution in [0.3, 0.4) is 0 Å². The molecular weight excluding hydrogens is 284 g/mol. The summed E-state index contributed by atoms with van der Waals surface area (Å²) in [6.45, 7) is 2.20. The summed E-state index contributed by atoms with van der Waals surface area (Å²) >= 11 is 1.48. The Kier molecular flexibility index (Phi) is 5.75. The van der Waals surface area contributed by atoms with Crippen molar-refractivity contribution in [2.45, 2.75) is 32.6 Å². The quantitative estimate of drug-likeness (QED) is 0.787. The summed E-state index contributed by atoms with van der Waals surface area (Å²) in [6, 6.07) is 8.40. The van der Waals surface area contributed by atoms with Crippen LogP contribution in [0.15, 0.2) is 29.6 Å². The molecule has 5 heteroatoms. The third-order valence-corrected chi connectivity index (χ3v) is 3.94. The van der Waals surface area contributed by atoms with Gasteiger partial charge in [0.05, 0.1) is 19.2 Å². The number of unbranched alkanes of at least 4 members (excludes halogenated alkanes) is 1. The van der Waals surface area contributed by atoms with E-state index < -0.39 is 0 Å². The molecule has 1 N–H and O–H groups in total. The van der Waals surface area contributed by atoms with Gasteiger partial charge in [-0.25, -0.2) is 4.98 Å². The van der Waals surface area contributed by atoms with Crippen LogP contribution in [0.4, 0.5) is 10.8 Å². The van der Waals surface area contributed by atoms with Crippen LogP contribution in [0.25, 0.3) is 0 Å². The smallest absolute Gasteiger partial charge is 0.311 e. The molecule has 1 aromatic heterocycles. The van der Waals surface area contributed by atoms with Gasteiger partial charge in [0.15, 0.2) is 5.13 Å². The molecule has 2 rings (SSSR count). The molecule has 0 amide bonds. The zero-order chi connectivity index (χ0) is 15.1. The molecule has 0 radical (unpaired) electrons. The fourth-order valence-electron chi connectivity index (χ4n) is 1.92. The summed E-state index contributed by atoms with van der Waals surface area (Å²) in [7, 11) is 1.38. The van der Waals surface area contributed by atoms with Crippen LogP contribution in [0.1, 0.15) is 31.0 Å². The Labute approximate surface area is 129 Å². The Morgan fingerprint density at radius 2 is 2.10 bits per heavy atom. The van der Waals surface area contributed by atoms with E-state index in [1.165, 1.54) is 36.9 Å². The van der Waals surface area contributed by atoms with Gasteiger partial charge >= 0.3 is 5.97 Å². The van der Waals surface area contributed by atoms with E-state index >= 15 is 0 Å². The number of aryl methyl sites for hydroxylation is 1. The van der Waals surface area contributed by atoms with Crippen molar-refractivity contribution in [1.29, 1.82) is 0 Å². The number of hydrogen-bond acceptors (Lipinski definition) is 5. The maximum Gasteiger partial charge on any atom is 0.311 e. The Bertz CT molecular complexity index is 578. The molecule has 0 bridgehead atoms. The van der Waals surface area contributed by atoms with Gasteiger partial charge in [-0.05, 0) is 30.5 Å². The number of nitrogens with one attached hydrogen (secondary N) is 1. The molecule has 0 unspecified atom stereocenters. The molecule has 0 atom stereocenters. The monoisotopic (exact) mass is 304 g/mol. The lowest BCUT2D eigenvalue weighted by atomic mass is 10.1. The maximum absolute atomic E-state index is 11.2. The van der Waals surface area contributed by atoms with Crippen molar-refractivity contribution in [2.24, 2.45) is 0 Å². The van der Waals surface area contributed by atoms with Crippen LogP contribution < -0.4 is 5.32 Å². The predicted octanol–water partition coefficient (Wildman–Crippen LogP) is 3.94. The molecule has 4 nitrogen and oxygen atoms in total. The summed E-state index contributed by atoms with van der Waals surface area (Å²) in [5.41, 5.74) is 3.09. The van der Waals surface area contributed by atoms with Gasteiger partial charge in [0, 0.05) is 11.1 Å². The van der Waals surface area contributed by atoms with E-state index in [4.69, 9.17) is 0 Å². The lowest BCUT2D eigenvalue weighted by Gasteiger charge is -2.04. The number of esters is 1. The number of aromatic nitrogens is 1. The first-order valence-corrected chi connectivity index (χ1v) is 7.96. The van der Waals surface area contributed by atoms with E-state index in [1.54, 1.807) is 0 Å². The van der Waals surface area contributed by atoms with E-state index in [1.807, 2.05) is 5.38 Å². The second-order valence-corrected chi connectivity index (χ2v) is 5.68. The first-order chi connectivity index (χ1) is 10.2. The first kappa shape index (κ1) is 15.5. The minimum atomic E-state index is -0.271. The van der Waals surface area contributed by atoms with Crippen molar-refractivity contribution in [1.82, 2.24) is 4.98 Å². The fraction of sp³-hybridized carbons (Fsp3) is 0.375. The van der Waals surface area contributed by atoms with Gasteiger partial charge in [-0.15, -0.1) is 11.3 Å².